The minimum Gasteiger partial charge on any atom is -0.386 e. The maximum atomic E-state index is 13.7. The van der Waals surface area contributed by atoms with Gasteiger partial charge in [0.25, 0.3) is 5.91 Å². The number of nitrogens with zero attached hydrogens (tertiary/aromatic N) is 1. The van der Waals surface area contributed by atoms with Gasteiger partial charge in [-0.1, -0.05) is 18.2 Å². The molecule has 1 aliphatic rings. The molecule has 3 rings (SSSR count). The first kappa shape index (κ1) is 19.4. The highest BCUT2D eigenvalue weighted by molar-refractivity contribution is 5.92. The third-order valence-electron chi connectivity index (χ3n) is 4.43. The molecule has 136 valence electrons. The van der Waals surface area contributed by atoms with Gasteiger partial charge in [-0.3, -0.25) is 4.79 Å². The fourth-order valence-electron chi connectivity index (χ4n) is 3.12. The van der Waals surface area contributed by atoms with E-state index >= 15 is 0 Å². The van der Waals surface area contributed by atoms with Gasteiger partial charge in [-0.2, -0.15) is 0 Å². The Labute approximate surface area is 152 Å². The topological polar surface area (TPSA) is 66.3 Å². The third kappa shape index (κ3) is 4.60. The Kier molecular flexibility index (Phi) is 6.99. The maximum absolute atomic E-state index is 13.7. The summed E-state index contributed by atoms with van der Waals surface area (Å²) in [6, 6.07) is 9.96. The fraction of sp³-hybridized carbons (Fsp3) is 0.389. The van der Waals surface area contributed by atoms with Gasteiger partial charge in [-0.05, 0) is 44.1 Å². The van der Waals surface area contributed by atoms with Crippen LogP contribution in [0.4, 0.5) is 4.39 Å². The van der Waals surface area contributed by atoms with Crippen LogP contribution in [-0.4, -0.2) is 35.2 Å². The summed E-state index contributed by atoms with van der Waals surface area (Å²) >= 11 is 0. The van der Waals surface area contributed by atoms with Gasteiger partial charge in [0.1, 0.15) is 11.5 Å². The molecule has 1 aromatic heterocycles. The second-order valence-corrected chi connectivity index (χ2v) is 6.03. The van der Waals surface area contributed by atoms with Crippen molar-refractivity contribution < 1.29 is 14.3 Å². The number of carbonyl (C=O) groups excluding carboxylic acids is 1. The van der Waals surface area contributed by atoms with E-state index in [4.69, 9.17) is 0 Å². The van der Waals surface area contributed by atoms with Crippen LogP contribution in [0.2, 0.25) is 0 Å². The molecule has 0 spiro atoms. The van der Waals surface area contributed by atoms with E-state index < -0.39 is 11.9 Å². The van der Waals surface area contributed by atoms with E-state index in [1.807, 2.05) is 16.8 Å². The Morgan fingerprint density at radius 1 is 1.28 bits per heavy atom. The lowest BCUT2D eigenvalue weighted by Gasteiger charge is -2.26. The van der Waals surface area contributed by atoms with Gasteiger partial charge in [-0.15, -0.1) is 12.4 Å². The van der Waals surface area contributed by atoms with Gasteiger partial charge in [0.2, 0.25) is 0 Å². The minimum atomic E-state index is -1.07. The first-order chi connectivity index (χ1) is 11.7. The fourth-order valence-corrected chi connectivity index (χ4v) is 3.12. The van der Waals surface area contributed by atoms with E-state index in [1.165, 1.54) is 12.1 Å². The Hall–Kier alpha value is -1.89. The molecule has 1 atom stereocenters. The molecule has 0 bridgehead atoms. The van der Waals surface area contributed by atoms with Crippen molar-refractivity contribution in [2.45, 2.75) is 25.0 Å². The molecule has 2 heterocycles. The number of aromatic nitrogens is 1. The lowest BCUT2D eigenvalue weighted by Crippen LogP contribution is -2.33. The van der Waals surface area contributed by atoms with Crippen molar-refractivity contribution in [1.29, 1.82) is 0 Å². The van der Waals surface area contributed by atoms with Crippen LogP contribution < -0.4 is 10.6 Å². The zero-order chi connectivity index (χ0) is 16.9. The summed E-state index contributed by atoms with van der Waals surface area (Å²) in [6.07, 6.45) is 2.80. The quantitative estimate of drug-likeness (QED) is 0.760. The van der Waals surface area contributed by atoms with Crippen molar-refractivity contribution in [3.05, 3.63) is 59.7 Å². The SMILES string of the molecule is Cl.O=C(NCC(O)c1ccccc1F)c1cccn1C1CCNCC1. The summed E-state index contributed by atoms with van der Waals surface area (Å²) < 4.78 is 15.7. The number of aliphatic hydroxyl groups excluding tert-OH is 1. The lowest BCUT2D eigenvalue weighted by molar-refractivity contribution is 0.0901. The van der Waals surface area contributed by atoms with Gasteiger partial charge in [0, 0.05) is 24.3 Å². The van der Waals surface area contributed by atoms with Crippen LogP contribution in [0.1, 0.15) is 41.0 Å². The molecule has 5 nitrogen and oxygen atoms in total. The molecule has 2 aromatic rings. The van der Waals surface area contributed by atoms with E-state index in [1.54, 1.807) is 18.2 Å². The largest absolute Gasteiger partial charge is 0.386 e. The van der Waals surface area contributed by atoms with Crippen molar-refractivity contribution in [2.75, 3.05) is 19.6 Å². The molecule has 1 aromatic carbocycles. The molecule has 0 saturated carbocycles. The molecule has 1 amide bonds. The predicted molar refractivity (Wildman–Crippen MR) is 96.5 cm³/mol. The van der Waals surface area contributed by atoms with E-state index in [-0.39, 0.29) is 30.4 Å². The Morgan fingerprint density at radius 3 is 2.72 bits per heavy atom. The molecular formula is C18H23ClFN3O2. The second kappa shape index (κ2) is 8.99. The normalized spacial score (nSPS) is 16.1. The zero-order valence-electron chi connectivity index (χ0n) is 13.8. The smallest absolute Gasteiger partial charge is 0.268 e. The van der Waals surface area contributed by atoms with Crippen molar-refractivity contribution in [1.82, 2.24) is 15.2 Å². The van der Waals surface area contributed by atoms with Crippen LogP contribution in [-0.2, 0) is 0 Å². The summed E-state index contributed by atoms with van der Waals surface area (Å²) in [5, 5.41) is 16.1. The predicted octanol–water partition coefficient (Wildman–Crippen LogP) is 2.44. The summed E-state index contributed by atoms with van der Waals surface area (Å²) in [6.45, 7) is 1.85. The Morgan fingerprint density at radius 2 is 2.00 bits per heavy atom. The zero-order valence-corrected chi connectivity index (χ0v) is 14.6. The Bertz CT molecular complexity index is 701. The molecule has 3 N–H and O–H groups in total. The van der Waals surface area contributed by atoms with Gasteiger partial charge >= 0.3 is 0 Å². The van der Waals surface area contributed by atoms with Crippen LogP contribution >= 0.6 is 12.4 Å². The third-order valence-corrected chi connectivity index (χ3v) is 4.43. The molecule has 25 heavy (non-hydrogen) atoms. The van der Waals surface area contributed by atoms with Gasteiger partial charge < -0.3 is 20.3 Å². The van der Waals surface area contributed by atoms with Crippen molar-refractivity contribution >= 4 is 18.3 Å². The number of carbonyl (C=O) groups is 1. The first-order valence-corrected chi connectivity index (χ1v) is 8.25. The molecule has 1 fully saturated rings. The van der Waals surface area contributed by atoms with Crippen LogP contribution in [0.25, 0.3) is 0 Å². The number of hydrogen-bond donors (Lipinski definition) is 3. The number of piperidine rings is 1. The molecule has 1 unspecified atom stereocenters. The number of rotatable bonds is 5. The number of hydrogen-bond acceptors (Lipinski definition) is 3. The number of aliphatic hydroxyl groups is 1. The average molecular weight is 368 g/mol. The maximum Gasteiger partial charge on any atom is 0.268 e. The van der Waals surface area contributed by atoms with Crippen molar-refractivity contribution in [3.8, 4) is 0 Å². The van der Waals surface area contributed by atoms with Crippen LogP contribution in [0, 0.1) is 5.82 Å². The highest BCUT2D eigenvalue weighted by Crippen LogP contribution is 2.21. The summed E-state index contributed by atoms with van der Waals surface area (Å²) in [5.74, 6) is -0.730. The van der Waals surface area contributed by atoms with E-state index in [0.717, 1.165) is 25.9 Å². The van der Waals surface area contributed by atoms with Gasteiger partial charge in [0.15, 0.2) is 0 Å². The highest BCUT2D eigenvalue weighted by atomic mass is 35.5. The average Bonchev–Trinajstić information content (AvgIpc) is 3.10. The lowest BCUT2D eigenvalue weighted by atomic mass is 10.1. The van der Waals surface area contributed by atoms with E-state index in [0.29, 0.717) is 11.7 Å². The minimum absolute atomic E-state index is 0. The summed E-state index contributed by atoms with van der Waals surface area (Å²) in [5.41, 5.74) is 0.758. The van der Waals surface area contributed by atoms with Crippen LogP contribution in [0.15, 0.2) is 42.6 Å². The Balaban J connectivity index is 0.00000225. The number of halogens is 2. The summed E-state index contributed by atoms with van der Waals surface area (Å²) in [7, 11) is 0. The molecular weight excluding hydrogens is 345 g/mol. The van der Waals surface area contributed by atoms with Crippen LogP contribution in [0.5, 0.6) is 0 Å². The molecule has 0 aliphatic carbocycles. The standard InChI is InChI=1S/C18H22FN3O2.ClH/c19-15-5-2-1-4-14(15)17(23)12-21-18(24)16-6-3-11-22(16)13-7-9-20-10-8-13;/h1-6,11,13,17,20,23H,7-10,12H2,(H,21,24);1H. The highest BCUT2D eigenvalue weighted by Gasteiger charge is 2.21. The van der Waals surface area contributed by atoms with Crippen molar-refractivity contribution in [2.24, 2.45) is 0 Å². The van der Waals surface area contributed by atoms with E-state index in [2.05, 4.69) is 10.6 Å². The van der Waals surface area contributed by atoms with Gasteiger partial charge in [-0.25, -0.2) is 4.39 Å². The number of benzene rings is 1. The van der Waals surface area contributed by atoms with Crippen LogP contribution in [0.3, 0.4) is 0 Å². The summed E-state index contributed by atoms with van der Waals surface area (Å²) in [4.78, 5) is 12.4. The molecule has 0 radical (unpaired) electrons. The first-order valence-electron chi connectivity index (χ1n) is 8.25. The number of nitrogens with one attached hydrogen (secondary N) is 2. The van der Waals surface area contributed by atoms with Crippen molar-refractivity contribution in [3.63, 3.8) is 0 Å². The monoisotopic (exact) mass is 367 g/mol. The second-order valence-electron chi connectivity index (χ2n) is 6.03. The molecule has 1 aliphatic heterocycles. The van der Waals surface area contributed by atoms with Gasteiger partial charge in [0.05, 0.1) is 6.10 Å². The molecule has 7 heteroatoms. The van der Waals surface area contributed by atoms with E-state index in [9.17, 15) is 14.3 Å². The number of amides is 1. The molecule has 1 saturated heterocycles.